The predicted molar refractivity (Wildman–Crippen MR) is 112 cm³/mol. The quantitative estimate of drug-likeness (QED) is 0.640. The van der Waals surface area contributed by atoms with Gasteiger partial charge < -0.3 is 10.2 Å². The number of aromatic hydroxyl groups is 2. The summed E-state index contributed by atoms with van der Waals surface area (Å²) in [6, 6.07) is 13.1. The van der Waals surface area contributed by atoms with E-state index in [2.05, 4.69) is 60.6 Å². The Balaban J connectivity index is 0.000000401. The maximum Gasteiger partial charge on any atom is 0.123 e. The largest absolute Gasteiger partial charge is 0.508 e. The average molecular weight is 357 g/mol. The summed E-state index contributed by atoms with van der Waals surface area (Å²) in [4.78, 5) is 0. The molecule has 0 bridgehead atoms. The lowest BCUT2D eigenvalue weighted by Gasteiger charge is -2.28. The van der Waals surface area contributed by atoms with Crippen molar-refractivity contribution in [3.8, 4) is 11.5 Å². The van der Waals surface area contributed by atoms with Crippen LogP contribution in [0.2, 0.25) is 0 Å². The van der Waals surface area contributed by atoms with Crippen molar-refractivity contribution in [1.82, 2.24) is 0 Å². The molecule has 0 saturated carbocycles. The van der Waals surface area contributed by atoms with E-state index in [0.29, 0.717) is 11.5 Å². The van der Waals surface area contributed by atoms with Crippen LogP contribution in [-0.2, 0) is 17.3 Å². The van der Waals surface area contributed by atoms with E-state index < -0.39 is 0 Å². The van der Waals surface area contributed by atoms with E-state index in [-0.39, 0.29) is 10.8 Å². The number of benzene rings is 2. The van der Waals surface area contributed by atoms with Gasteiger partial charge in [0.15, 0.2) is 0 Å². The normalized spacial score (nSPS) is 11.7. The molecule has 26 heavy (non-hydrogen) atoms. The van der Waals surface area contributed by atoms with Crippen molar-refractivity contribution in [2.75, 3.05) is 0 Å². The fourth-order valence-electron chi connectivity index (χ4n) is 2.79. The molecule has 0 heterocycles. The van der Waals surface area contributed by atoms with Crippen molar-refractivity contribution < 1.29 is 10.2 Å². The summed E-state index contributed by atoms with van der Waals surface area (Å²) in [5, 5.41) is 19.2. The summed E-state index contributed by atoms with van der Waals surface area (Å²) in [6.07, 6.45) is 3.51. The van der Waals surface area contributed by atoms with Crippen LogP contribution in [0.25, 0.3) is 0 Å². The molecule has 0 aliphatic rings. The molecule has 0 aliphatic heterocycles. The molecule has 0 radical (unpaired) electrons. The summed E-state index contributed by atoms with van der Waals surface area (Å²) >= 11 is 0. The Bertz CT molecular complexity index is 639. The number of phenols is 2. The third-order valence-corrected chi connectivity index (χ3v) is 4.36. The first-order valence-corrected chi connectivity index (χ1v) is 9.57. The highest BCUT2D eigenvalue weighted by Crippen LogP contribution is 2.39. The highest BCUT2D eigenvalue weighted by atomic mass is 16.3. The second-order valence-corrected chi connectivity index (χ2v) is 8.98. The molecule has 2 aromatic rings. The highest BCUT2D eigenvalue weighted by Gasteiger charge is 2.26. The Hall–Kier alpha value is -1.96. The number of unbranched alkanes of at least 4 members (excludes halogenated alkanes) is 1. The minimum absolute atomic E-state index is 0.0215. The van der Waals surface area contributed by atoms with Crippen LogP contribution in [-0.4, -0.2) is 10.2 Å². The van der Waals surface area contributed by atoms with Crippen molar-refractivity contribution in [2.24, 2.45) is 0 Å². The summed E-state index contributed by atoms with van der Waals surface area (Å²) in [5.41, 5.74) is 3.46. The van der Waals surface area contributed by atoms with E-state index >= 15 is 0 Å². The summed E-state index contributed by atoms with van der Waals surface area (Å²) in [5.74, 6) is 0.808. The topological polar surface area (TPSA) is 40.5 Å². The minimum atomic E-state index is -0.0215. The van der Waals surface area contributed by atoms with Gasteiger partial charge in [-0.05, 0) is 52.5 Å². The van der Waals surface area contributed by atoms with Crippen molar-refractivity contribution in [3.63, 3.8) is 0 Å². The SMILES string of the molecule is CCCCc1cc(C(C)(C)C)c(O)c(C(C)(C)C)c1.Oc1ccccc1. The Morgan fingerprint density at radius 2 is 1.23 bits per heavy atom. The molecule has 0 unspecified atom stereocenters. The molecule has 0 amide bonds. The summed E-state index contributed by atoms with van der Waals surface area (Å²) < 4.78 is 0. The van der Waals surface area contributed by atoms with Gasteiger partial charge in [0.25, 0.3) is 0 Å². The Morgan fingerprint density at radius 1 is 0.769 bits per heavy atom. The van der Waals surface area contributed by atoms with Crippen molar-refractivity contribution in [2.45, 2.75) is 78.6 Å². The van der Waals surface area contributed by atoms with E-state index in [4.69, 9.17) is 5.11 Å². The van der Waals surface area contributed by atoms with E-state index in [1.165, 1.54) is 18.4 Å². The summed E-state index contributed by atoms with van der Waals surface area (Å²) in [6.45, 7) is 15.2. The molecule has 2 N–H and O–H groups in total. The lowest BCUT2D eigenvalue weighted by molar-refractivity contribution is 0.422. The van der Waals surface area contributed by atoms with Gasteiger partial charge in [0.05, 0.1) is 0 Å². The van der Waals surface area contributed by atoms with E-state index in [1.54, 1.807) is 24.3 Å². The first-order chi connectivity index (χ1) is 12.0. The summed E-state index contributed by atoms with van der Waals surface area (Å²) in [7, 11) is 0. The van der Waals surface area contributed by atoms with Gasteiger partial charge in [0.1, 0.15) is 11.5 Å². The molecule has 0 atom stereocenters. The van der Waals surface area contributed by atoms with E-state index in [1.807, 2.05) is 6.07 Å². The fourth-order valence-corrected chi connectivity index (χ4v) is 2.79. The third-order valence-electron chi connectivity index (χ3n) is 4.36. The van der Waals surface area contributed by atoms with Gasteiger partial charge in [-0.25, -0.2) is 0 Å². The fraction of sp³-hybridized carbons (Fsp3) is 0.500. The molecule has 0 saturated heterocycles. The lowest BCUT2D eigenvalue weighted by Crippen LogP contribution is -2.17. The van der Waals surface area contributed by atoms with Crippen LogP contribution in [0.15, 0.2) is 42.5 Å². The van der Waals surface area contributed by atoms with Crippen molar-refractivity contribution in [3.05, 3.63) is 59.2 Å². The number of hydrogen-bond donors (Lipinski definition) is 2. The van der Waals surface area contributed by atoms with Crippen LogP contribution in [0.1, 0.15) is 78.0 Å². The van der Waals surface area contributed by atoms with Gasteiger partial charge in [0, 0.05) is 0 Å². The Labute approximate surface area is 159 Å². The maximum atomic E-state index is 10.6. The zero-order valence-electron chi connectivity index (χ0n) is 17.6. The molecule has 2 aromatic carbocycles. The number of aryl methyl sites for hydroxylation is 1. The van der Waals surface area contributed by atoms with Gasteiger partial charge in [-0.15, -0.1) is 0 Å². The number of rotatable bonds is 3. The maximum absolute atomic E-state index is 10.6. The third kappa shape index (κ3) is 6.74. The highest BCUT2D eigenvalue weighted by molar-refractivity contribution is 5.49. The van der Waals surface area contributed by atoms with Crippen molar-refractivity contribution in [1.29, 1.82) is 0 Å². The molecule has 0 aromatic heterocycles. The second kappa shape index (κ2) is 9.12. The molecular formula is C24H36O2. The van der Waals surface area contributed by atoms with Gasteiger partial charge in [0.2, 0.25) is 0 Å². The molecule has 0 fully saturated rings. The zero-order valence-corrected chi connectivity index (χ0v) is 17.6. The predicted octanol–water partition coefficient (Wildman–Crippen LogP) is 6.72. The number of phenolic OH excluding ortho intramolecular Hbond substituents is 2. The first-order valence-electron chi connectivity index (χ1n) is 9.57. The van der Waals surface area contributed by atoms with Crippen LogP contribution < -0.4 is 0 Å². The monoisotopic (exact) mass is 356 g/mol. The van der Waals surface area contributed by atoms with E-state index in [9.17, 15) is 5.11 Å². The smallest absolute Gasteiger partial charge is 0.123 e. The van der Waals surface area contributed by atoms with Crippen molar-refractivity contribution >= 4 is 0 Å². The van der Waals surface area contributed by atoms with Crippen LogP contribution >= 0.6 is 0 Å². The molecule has 2 heteroatoms. The molecule has 2 rings (SSSR count). The van der Waals surface area contributed by atoms with Gasteiger partial charge in [-0.2, -0.15) is 0 Å². The van der Waals surface area contributed by atoms with Gasteiger partial charge in [-0.3, -0.25) is 0 Å². The first kappa shape index (κ1) is 22.1. The Morgan fingerprint density at radius 3 is 1.54 bits per heavy atom. The van der Waals surface area contributed by atoms with Crippen LogP contribution in [0, 0.1) is 0 Å². The van der Waals surface area contributed by atoms with Gasteiger partial charge >= 0.3 is 0 Å². The number of para-hydroxylation sites is 1. The molecule has 2 nitrogen and oxygen atoms in total. The molecule has 0 aliphatic carbocycles. The second-order valence-electron chi connectivity index (χ2n) is 8.98. The molecule has 0 spiro atoms. The zero-order chi connectivity index (χ0) is 20.0. The van der Waals surface area contributed by atoms with Crippen LogP contribution in [0.4, 0.5) is 0 Å². The van der Waals surface area contributed by atoms with Gasteiger partial charge in [-0.1, -0.05) is 85.2 Å². The van der Waals surface area contributed by atoms with E-state index in [0.717, 1.165) is 17.5 Å². The standard InChI is InChI=1S/C18H30O.C6H6O/c1-8-9-10-13-11-14(17(2,3)4)16(19)15(12-13)18(5,6)7;7-6-4-2-1-3-5-6/h11-12,19H,8-10H2,1-7H3;1-5,7H. The van der Waals surface area contributed by atoms with Crippen LogP contribution in [0.3, 0.4) is 0 Å². The van der Waals surface area contributed by atoms with Crippen LogP contribution in [0.5, 0.6) is 11.5 Å². The lowest BCUT2D eigenvalue weighted by atomic mass is 9.78. The minimum Gasteiger partial charge on any atom is -0.508 e. The Kier molecular flexibility index (Phi) is 7.74. The number of hydrogen-bond acceptors (Lipinski definition) is 2. The average Bonchev–Trinajstić information content (AvgIpc) is 2.53. The molecule has 144 valence electrons. The molecular weight excluding hydrogens is 320 g/mol.